The molecule has 0 aromatic carbocycles. The molecule has 1 aliphatic heterocycles. The van der Waals surface area contributed by atoms with Gasteiger partial charge in [0, 0.05) is 12.6 Å². The Morgan fingerprint density at radius 3 is 2.82 bits per heavy atom. The maximum Gasteiger partial charge on any atom is 0.0897 e. The molecule has 0 aromatic rings. The van der Waals surface area contributed by atoms with Gasteiger partial charge < -0.3 is 10.2 Å². The second-order valence-corrected chi connectivity index (χ2v) is 3.32. The third-order valence-electron chi connectivity index (χ3n) is 2.35. The zero-order chi connectivity index (χ0) is 8.27. The van der Waals surface area contributed by atoms with Crippen LogP contribution in [0, 0.1) is 0 Å². The van der Waals surface area contributed by atoms with Crippen molar-refractivity contribution in [3.63, 3.8) is 0 Å². The third kappa shape index (κ3) is 2.43. The summed E-state index contributed by atoms with van der Waals surface area (Å²) in [7, 11) is 0. The Labute approximate surface area is 67.6 Å². The van der Waals surface area contributed by atoms with Gasteiger partial charge in [0.1, 0.15) is 0 Å². The Balaban J connectivity index is 2.24. The van der Waals surface area contributed by atoms with Crippen LogP contribution >= 0.6 is 0 Å². The first-order valence-electron chi connectivity index (χ1n) is 4.27. The quantitative estimate of drug-likeness (QED) is 0.600. The molecule has 0 radical (unpaired) electrons. The van der Waals surface area contributed by atoms with Crippen molar-refractivity contribution in [2.75, 3.05) is 19.7 Å². The molecular weight excluding hydrogens is 142 g/mol. The van der Waals surface area contributed by atoms with Crippen molar-refractivity contribution >= 4 is 0 Å². The van der Waals surface area contributed by atoms with Gasteiger partial charge in [-0.05, 0) is 26.3 Å². The van der Waals surface area contributed by atoms with Crippen LogP contribution in [0.1, 0.15) is 19.8 Å². The first-order valence-corrected chi connectivity index (χ1v) is 4.27. The van der Waals surface area contributed by atoms with Crippen molar-refractivity contribution < 1.29 is 10.2 Å². The first-order chi connectivity index (χ1) is 5.24. The predicted molar refractivity (Wildman–Crippen MR) is 43.4 cm³/mol. The average molecular weight is 159 g/mol. The second kappa shape index (κ2) is 4.04. The SMILES string of the molecule is CC1CCCN1C[C@H](O)CO. The highest BCUT2D eigenvalue weighted by Gasteiger charge is 2.21. The van der Waals surface area contributed by atoms with Gasteiger partial charge in [-0.25, -0.2) is 0 Å². The van der Waals surface area contributed by atoms with Crippen LogP contribution in [0.15, 0.2) is 0 Å². The molecule has 2 atom stereocenters. The van der Waals surface area contributed by atoms with E-state index in [2.05, 4.69) is 11.8 Å². The van der Waals surface area contributed by atoms with Crippen molar-refractivity contribution in [1.82, 2.24) is 4.90 Å². The van der Waals surface area contributed by atoms with Gasteiger partial charge in [0.15, 0.2) is 0 Å². The molecule has 0 aromatic heterocycles. The Hall–Kier alpha value is -0.120. The number of rotatable bonds is 3. The van der Waals surface area contributed by atoms with Gasteiger partial charge in [0.25, 0.3) is 0 Å². The van der Waals surface area contributed by atoms with E-state index in [0.717, 1.165) is 6.54 Å². The van der Waals surface area contributed by atoms with Gasteiger partial charge >= 0.3 is 0 Å². The van der Waals surface area contributed by atoms with Gasteiger partial charge in [-0.3, -0.25) is 4.90 Å². The first kappa shape index (κ1) is 8.97. The fourth-order valence-electron chi connectivity index (χ4n) is 1.59. The molecule has 0 saturated carbocycles. The molecule has 3 heteroatoms. The van der Waals surface area contributed by atoms with E-state index in [4.69, 9.17) is 10.2 Å². The molecule has 66 valence electrons. The van der Waals surface area contributed by atoms with Crippen LogP contribution < -0.4 is 0 Å². The summed E-state index contributed by atoms with van der Waals surface area (Å²) in [5.74, 6) is 0. The normalized spacial score (nSPS) is 29.2. The topological polar surface area (TPSA) is 43.7 Å². The Morgan fingerprint density at radius 2 is 2.36 bits per heavy atom. The molecule has 3 nitrogen and oxygen atoms in total. The Bertz CT molecular complexity index is 119. The minimum absolute atomic E-state index is 0.122. The van der Waals surface area contributed by atoms with E-state index >= 15 is 0 Å². The third-order valence-corrected chi connectivity index (χ3v) is 2.35. The summed E-state index contributed by atoms with van der Waals surface area (Å²) < 4.78 is 0. The van der Waals surface area contributed by atoms with Crippen molar-refractivity contribution in [1.29, 1.82) is 0 Å². The summed E-state index contributed by atoms with van der Waals surface area (Å²) in [5, 5.41) is 17.7. The molecule has 0 aliphatic carbocycles. The molecule has 0 bridgehead atoms. The number of β-amino-alcohol motifs (C(OH)–C–C–N with tert-alkyl or cyclic N) is 1. The molecule has 1 fully saturated rings. The zero-order valence-corrected chi connectivity index (χ0v) is 7.03. The summed E-state index contributed by atoms with van der Waals surface area (Å²) in [6.07, 6.45) is 1.88. The maximum atomic E-state index is 9.14. The molecule has 1 heterocycles. The van der Waals surface area contributed by atoms with Crippen LogP contribution in [0.25, 0.3) is 0 Å². The van der Waals surface area contributed by atoms with Crippen LogP contribution in [0.4, 0.5) is 0 Å². The van der Waals surface area contributed by atoms with E-state index in [0.29, 0.717) is 12.6 Å². The molecule has 1 saturated heterocycles. The smallest absolute Gasteiger partial charge is 0.0897 e. The minimum Gasteiger partial charge on any atom is -0.394 e. The Kier molecular flexibility index (Phi) is 3.30. The molecule has 0 amide bonds. The molecule has 2 N–H and O–H groups in total. The number of aliphatic hydroxyl groups is 2. The fraction of sp³-hybridized carbons (Fsp3) is 1.00. The van der Waals surface area contributed by atoms with Gasteiger partial charge in [-0.2, -0.15) is 0 Å². The summed E-state index contributed by atoms with van der Waals surface area (Å²) >= 11 is 0. The monoisotopic (exact) mass is 159 g/mol. The lowest BCUT2D eigenvalue weighted by atomic mass is 10.2. The van der Waals surface area contributed by atoms with Crippen LogP contribution in [0.5, 0.6) is 0 Å². The van der Waals surface area contributed by atoms with Gasteiger partial charge in [-0.1, -0.05) is 0 Å². The van der Waals surface area contributed by atoms with E-state index in [1.54, 1.807) is 0 Å². The number of aliphatic hydroxyl groups excluding tert-OH is 2. The molecule has 1 unspecified atom stereocenters. The number of nitrogens with zero attached hydrogens (tertiary/aromatic N) is 1. The summed E-state index contributed by atoms with van der Waals surface area (Å²) in [6.45, 7) is 3.73. The standard InChI is InChI=1S/C8H17NO2/c1-7-3-2-4-9(7)5-8(11)6-10/h7-8,10-11H,2-6H2,1H3/t7?,8-/m0/s1. The van der Waals surface area contributed by atoms with Crippen molar-refractivity contribution in [3.8, 4) is 0 Å². The van der Waals surface area contributed by atoms with Crippen LogP contribution in [0.3, 0.4) is 0 Å². The van der Waals surface area contributed by atoms with Crippen molar-refractivity contribution in [3.05, 3.63) is 0 Å². The van der Waals surface area contributed by atoms with E-state index in [-0.39, 0.29) is 6.61 Å². The lowest BCUT2D eigenvalue weighted by Crippen LogP contribution is -2.36. The summed E-state index contributed by atoms with van der Waals surface area (Å²) in [4.78, 5) is 2.22. The lowest BCUT2D eigenvalue weighted by molar-refractivity contribution is 0.0573. The fourth-order valence-corrected chi connectivity index (χ4v) is 1.59. The van der Waals surface area contributed by atoms with E-state index in [1.165, 1.54) is 12.8 Å². The number of hydrogen-bond donors (Lipinski definition) is 2. The minimum atomic E-state index is -0.560. The zero-order valence-electron chi connectivity index (χ0n) is 7.03. The van der Waals surface area contributed by atoms with Crippen LogP contribution in [-0.4, -0.2) is 47.0 Å². The van der Waals surface area contributed by atoms with Crippen molar-refractivity contribution in [2.24, 2.45) is 0 Å². The summed E-state index contributed by atoms with van der Waals surface area (Å²) in [5.41, 5.74) is 0. The van der Waals surface area contributed by atoms with Gasteiger partial charge in [0.05, 0.1) is 12.7 Å². The summed E-state index contributed by atoms with van der Waals surface area (Å²) in [6, 6.07) is 0.580. The molecule has 1 rings (SSSR count). The maximum absolute atomic E-state index is 9.14. The largest absolute Gasteiger partial charge is 0.394 e. The Morgan fingerprint density at radius 1 is 1.64 bits per heavy atom. The van der Waals surface area contributed by atoms with E-state index in [1.807, 2.05) is 0 Å². The van der Waals surface area contributed by atoms with E-state index in [9.17, 15) is 0 Å². The highest BCUT2D eigenvalue weighted by molar-refractivity contribution is 4.76. The van der Waals surface area contributed by atoms with E-state index < -0.39 is 6.10 Å². The molecular formula is C8H17NO2. The lowest BCUT2D eigenvalue weighted by Gasteiger charge is -2.22. The molecule has 11 heavy (non-hydrogen) atoms. The second-order valence-electron chi connectivity index (χ2n) is 3.32. The van der Waals surface area contributed by atoms with Gasteiger partial charge in [0.2, 0.25) is 0 Å². The van der Waals surface area contributed by atoms with Crippen LogP contribution in [-0.2, 0) is 0 Å². The molecule has 1 aliphatic rings. The highest BCUT2D eigenvalue weighted by atomic mass is 16.3. The van der Waals surface area contributed by atoms with Crippen LogP contribution in [0.2, 0.25) is 0 Å². The number of likely N-dealkylation sites (tertiary alicyclic amines) is 1. The molecule has 0 spiro atoms. The highest BCUT2D eigenvalue weighted by Crippen LogP contribution is 2.15. The van der Waals surface area contributed by atoms with Gasteiger partial charge in [-0.15, -0.1) is 0 Å². The predicted octanol–water partition coefficient (Wildman–Crippen LogP) is -0.176. The van der Waals surface area contributed by atoms with Crippen molar-refractivity contribution in [2.45, 2.75) is 31.9 Å². The number of hydrogen-bond acceptors (Lipinski definition) is 3. The average Bonchev–Trinajstić information content (AvgIpc) is 2.37.